The van der Waals surface area contributed by atoms with Gasteiger partial charge in [0.05, 0.1) is 28.3 Å². The minimum Gasteiger partial charge on any atom is -0.334 e. The Morgan fingerprint density at radius 1 is 0.446 bits per heavy atom. The summed E-state index contributed by atoms with van der Waals surface area (Å²) in [5, 5.41) is 0. The Bertz CT molecular complexity index is 2640. The third kappa shape index (κ3) is 3.93. The molecule has 4 aliphatic rings. The predicted octanol–water partition coefficient (Wildman–Crippen LogP) is 13.5. The molecule has 0 fully saturated rings. The van der Waals surface area contributed by atoms with E-state index in [4.69, 9.17) is 0 Å². The van der Waals surface area contributed by atoms with E-state index in [1.54, 1.807) is 0 Å². The Kier molecular flexibility index (Phi) is 6.69. The molecule has 0 saturated heterocycles. The second-order valence-corrected chi connectivity index (χ2v) is 17.6. The molecule has 0 bridgehead atoms. The zero-order chi connectivity index (χ0) is 38.2. The highest BCUT2D eigenvalue weighted by atomic mass is 15.3. The first-order valence-corrected chi connectivity index (χ1v) is 20.2. The lowest BCUT2D eigenvalue weighted by atomic mass is 9.62. The van der Waals surface area contributed by atoms with Crippen LogP contribution in [0.25, 0.3) is 0 Å². The van der Waals surface area contributed by atoms with Crippen molar-refractivity contribution in [3.05, 3.63) is 209 Å². The number of fused-ring (bicyclic) bond motifs is 4. The molecule has 0 spiro atoms. The summed E-state index contributed by atoms with van der Waals surface area (Å²) in [6.45, 7) is 14.8. The first-order chi connectivity index (χ1) is 27.1. The van der Waals surface area contributed by atoms with Crippen LogP contribution in [-0.4, -0.2) is 5.54 Å². The monoisotopic (exact) mass is 725 g/mol. The van der Waals surface area contributed by atoms with Gasteiger partial charge in [0, 0.05) is 44.9 Å². The van der Waals surface area contributed by atoms with Crippen LogP contribution in [0.15, 0.2) is 170 Å². The lowest BCUT2D eigenvalue weighted by Gasteiger charge is -2.52. The van der Waals surface area contributed by atoms with E-state index >= 15 is 0 Å². The lowest BCUT2D eigenvalue weighted by Crippen LogP contribution is -2.52. The van der Waals surface area contributed by atoms with Gasteiger partial charge in [0.2, 0.25) is 0 Å². The smallest absolute Gasteiger partial charge is 0.0809 e. The summed E-state index contributed by atoms with van der Waals surface area (Å²) >= 11 is 0. The van der Waals surface area contributed by atoms with Crippen molar-refractivity contribution in [1.29, 1.82) is 0 Å². The summed E-state index contributed by atoms with van der Waals surface area (Å²) < 4.78 is 0. The van der Waals surface area contributed by atoms with Crippen molar-refractivity contribution in [1.82, 2.24) is 0 Å². The van der Waals surface area contributed by atoms with Crippen LogP contribution in [0.4, 0.5) is 39.8 Å². The van der Waals surface area contributed by atoms with E-state index in [0.717, 1.165) is 17.1 Å². The van der Waals surface area contributed by atoms with Crippen molar-refractivity contribution in [3.63, 3.8) is 0 Å². The Hall–Kier alpha value is -6.06. The van der Waals surface area contributed by atoms with Gasteiger partial charge >= 0.3 is 0 Å². The van der Waals surface area contributed by atoms with Gasteiger partial charge in [0.15, 0.2) is 0 Å². The SMILES string of the molecule is CC1(C)c2cccc3c2N(c2cc(N(c4ccccc4)c4ccccc4)cc4c2C3c2cccc3c2N4C(C)(c2ccccc2)C3(C)c2ccccc2)C1(C)C. The molecule has 3 nitrogen and oxygen atoms in total. The minimum atomic E-state index is -0.488. The second kappa shape index (κ2) is 11.3. The molecule has 7 aromatic carbocycles. The van der Waals surface area contributed by atoms with E-state index < -0.39 is 11.0 Å². The zero-order valence-corrected chi connectivity index (χ0v) is 33.1. The molecule has 0 aliphatic carbocycles. The van der Waals surface area contributed by atoms with Crippen molar-refractivity contribution in [2.75, 3.05) is 14.7 Å². The van der Waals surface area contributed by atoms with E-state index in [2.05, 4.69) is 226 Å². The van der Waals surface area contributed by atoms with Crippen molar-refractivity contribution in [3.8, 4) is 0 Å². The fourth-order valence-corrected chi connectivity index (χ4v) is 11.2. The Labute approximate surface area is 331 Å². The molecule has 0 aromatic heterocycles. The molecule has 3 atom stereocenters. The molecule has 0 amide bonds. The molecule has 0 saturated carbocycles. The standard InChI is InChI=1S/C53H47N3/c1-50(2)42-31-19-29-40-46-41-30-20-32-43-49(41)56(53(6,36-23-13-8-14-24-36)52(43,5)35-21-11-7-12-22-35)45-34-39(33-44(47(45)46)55(48(40)42)51(50,3)4)54(37-25-15-9-16-26-37)38-27-17-10-18-28-38/h7-34,46H,1-6H3. The van der Waals surface area contributed by atoms with Crippen LogP contribution in [-0.2, 0) is 16.4 Å². The Morgan fingerprint density at radius 2 is 0.911 bits per heavy atom. The zero-order valence-electron chi connectivity index (χ0n) is 33.1. The molecular formula is C53H47N3. The van der Waals surface area contributed by atoms with Crippen LogP contribution in [0.1, 0.15) is 86.4 Å². The molecule has 0 radical (unpaired) electrons. The quantitative estimate of drug-likeness (QED) is 0.175. The normalized spacial score (nSPS) is 22.6. The summed E-state index contributed by atoms with van der Waals surface area (Å²) in [5.74, 6) is 0.0798. The first-order valence-electron chi connectivity index (χ1n) is 20.2. The topological polar surface area (TPSA) is 9.72 Å². The summed E-state index contributed by atoms with van der Waals surface area (Å²) in [4.78, 5) is 7.96. The van der Waals surface area contributed by atoms with Crippen molar-refractivity contribution >= 4 is 39.8 Å². The Morgan fingerprint density at radius 3 is 1.46 bits per heavy atom. The van der Waals surface area contributed by atoms with E-state index in [1.807, 2.05) is 0 Å². The van der Waals surface area contributed by atoms with Crippen molar-refractivity contribution in [2.45, 2.75) is 69.4 Å². The fourth-order valence-electron chi connectivity index (χ4n) is 11.2. The maximum absolute atomic E-state index is 2.77. The molecule has 56 heavy (non-hydrogen) atoms. The van der Waals surface area contributed by atoms with Crippen LogP contribution in [0.5, 0.6) is 0 Å². The van der Waals surface area contributed by atoms with Gasteiger partial charge in [-0.2, -0.15) is 0 Å². The van der Waals surface area contributed by atoms with Gasteiger partial charge < -0.3 is 14.7 Å². The second-order valence-electron chi connectivity index (χ2n) is 17.6. The van der Waals surface area contributed by atoms with Crippen LogP contribution >= 0.6 is 0 Å². The van der Waals surface area contributed by atoms with Gasteiger partial charge in [-0.15, -0.1) is 0 Å². The third-order valence-electron chi connectivity index (χ3n) is 14.8. The number of benzene rings is 7. The molecule has 274 valence electrons. The predicted molar refractivity (Wildman–Crippen MR) is 233 cm³/mol. The van der Waals surface area contributed by atoms with Crippen LogP contribution in [0.2, 0.25) is 0 Å². The van der Waals surface area contributed by atoms with E-state index in [9.17, 15) is 0 Å². The van der Waals surface area contributed by atoms with E-state index in [1.165, 1.54) is 61.7 Å². The number of nitrogens with zero attached hydrogens (tertiary/aromatic N) is 3. The molecule has 0 N–H and O–H groups in total. The molecular weight excluding hydrogens is 679 g/mol. The maximum atomic E-state index is 2.77. The number of rotatable bonds is 5. The number of hydrogen-bond acceptors (Lipinski definition) is 3. The third-order valence-corrected chi connectivity index (χ3v) is 14.8. The van der Waals surface area contributed by atoms with E-state index in [-0.39, 0.29) is 16.9 Å². The average molecular weight is 726 g/mol. The van der Waals surface area contributed by atoms with Crippen molar-refractivity contribution in [2.24, 2.45) is 0 Å². The molecule has 7 aromatic rings. The van der Waals surface area contributed by atoms with Gasteiger partial charge in [-0.05, 0) is 97.5 Å². The molecule has 4 aliphatic heterocycles. The van der Waals surface area contributed by atoms with Crippen LogP contribution in [0, 0.1) is 0 Å². The maximum Gasteiger partial charge on any atom is 0.0809 e. The first kappa shape index (κ1) is 33.3. The highest BCUT2D eigenvalue weighted by molar-refractivity contribution is 5.99. The summed E-state index contributed by atoms with van der Waals surface area (Å²) in [7, 11) is 0. The molecule has 11 rings (SSSR count). The largest absolute Gasteiger partial charge is 0.334 e. The molecule has 4 heterocycles. The minimum absolute atomic E-state index is 0.0798. The summed E-state index contributed by atoms with van der Waals surface area (Å²) in [5.41, 5.74) is 17.2. The number of anilines is 7. The van der Waals surface area contributed by atoms with Gasteiger partial charge in [0.25, 0.3) is 0 Å². The van der Waals surface area contributed by atoms with E-state index in [0.29, 0.717) is 0 Å². The average Bonchev–Trinajstić information content (AvgIpc) is 3.54. The highest BCUT2D eigenvalue weighted by Crippen LogP contribution is 2.72. The molecule has 3 unspecified atom stereocenters. The van der Waals surface area contributed by atoms with Gasteiger partial charge in [-0.25, -0.2) is 0 Å². The molecule has 3 heteroatoms. The lowest BCUT2D eigenvalue weighted by molar-refractivity contribution is 0.328. The van der Waals surface area contributed by atoms with Gasteiger partial charge in [-0.1, -0.05) is 147 Å². The number of para-hydroxylation sites is 4. The van der Waals surface area contributed by atoms with Gasteiger partial charge in [-0.3, -0.25) is 0 Å². The fraction of sp³-hybridized carbons (Fsp3) is 0.208. The summed E-state index contributed by atoms with van der Waals surface area (Å²) in [6.07, 6.45) is 0. The van der Waals surface area contributed by atoms with Crippen LogP contribution < -0.4 is 14.7 Å². The highest BCUT2D eigenvalue weighted by Gasteiger charge is 2.63. The van der Waals surface area contributed by atoms with Crippen molar-refractivity contribution < 1.29 is 0 Å². The summed E-state index contributed by atoms with van der Waals surface area (Å²) in [6, 6.07) is 63.7. The Balaban J connectivity index is 1.31. The number of hydrogen-bond donors (Lipinski definition) is 0. The van der Waals surface area contributed by atoms with Crippen LogP contribution in [0.3, 0.4) is 0 Å². The van der Waals surface area contributed by atoms with Gasteiger partial charge in [0.1, 0.15) is 0 Å².